The highest BCUT2D eigenvalue weighted by Gasteiger charge is 2.18. The van der Waals surface area contributed by atoms with Crippen molar-refractivity contribution in [3.63, 3.8) is 0 Å². The Kier molecular flexibility index (Phi) is 5.16. The molecule has 1 rings (SSSR count). The van der Waals surface area contributed by atoms with Gasteiger partial charge in [-0.05, 0) is 51.1 Å². The second kappa shape index (κ2) is 5.92. The largest absolute Gasteiger partial charge is 0.469 e. The maximum absolute atomic E-state index is 11.2. The van der Waals surface area contributed by atoms with Crippen LogP contribution in [0.3, 0.4) is 0 Å². The molecule has 0 N–H and O–H groups in total. The maximum Gasteiger partial charge on any atom is 0.306 e. The first-order valence-electron chi connectivity index (χ1n) is 4.29. The van der Waals surface area contributed by atoms with Gasteiger partial charge in [-0.15, -0.1) is 0 Å². The zero-order chi connectivity index (χ0) is 11.4. The van der Waals surface area contributed by atoms with Crippen LogP contribution >= 0.6 is 45.2 Å². The first-order valence-corrected chi connectivity index (χ1v) is 6.44. The first kappa shape index (κ1) is 13.1. The average molecular weight is 432 g/mol. The van der Waals surface area contributed by atoms with Crippen molar-refractivity contribution in [2.45, 2.75) is 19.3 Å². The van der Waals surface area contributed by atoms with E-state index in [9.17, 15) is 4.79 Å². The minimum Gasteiger partial charge on any atom is -0.469 e. The lowest BCUT2D eigenvalue weighted by Gasteiger charge is -2.12. The van der Waals surface area contributed by atoms with Crippen molar-refractivity contribution in [2.24, 2.45) is 0 Å². The van der Waals surface area contributed by atoms with Crippen LogP contribution in [0.2, 0.25) is 0 Å². The predicted octanol–water partition coefficient (Wildman–Crippen LogP) is 2.35. The van der Waals surface area contributed by atoms with Crippen LogP contribution in [0, 0.1) is 7.40 Å². The van der Waals surface area contributed by atoms with Gasteiger partial charge in [0.25, 0.3) is 0 Å². The fraction of sp³-hybridized carbons (Fsp3) is 0.444. The molecule has 1 atom stereocenters. The molecule has 1 unspecified atom stereocenters. The predicted molar refractivity (Wildman–Crippen MR) is 72.5 cm³/mol. The van der Waals surface area contributed by atoms with E-state index in [2.05, 4.69) is 59.9 Å². The van der Waals surface area contributed by atoms with Crippen molar-refractivity contribution in [1.29, 1.82) is 0 Å². The van der Waals surface area contributed by atoms with Crippen molar-refractivity contribution in [3.8, 4) is 0 Å². The summed E-state index contributed by atoms with van der Waals surface area (Å²) in [7, 11) is 1.40. The second-order valence-electron chi connectivity index (χ2n) is 3.05. The van der Waals surface area contributed by atoms with Crippen LogP contribution in [0.5, 0.6) is 0 Å². The zero-order valence-corrected chi connectivity index (χ0v) is 12.6. The Labute approximate surface area is 115 Å². The molecule has 0 bridgehead atoms. The Bertz CT molecular complexity index is 351. The van der Waals surface area contributed by atoms with Gasteiger partial charge in [-0.2, -0.15) is 0 Å². The SMILES string of the molecule is COC(=O)CC(C)c1c(I)ncnc1I. The molecule has 0 amide bonds. The van der Waals surface area contributed by atoms with E-state index >= 15 is 0 Å². The second-order valence-corrected chi connectivity index (χ2v) is 5.09. The fourth-order valence-corrected chi connectivity index (χ4v) is 3.54. The molecule has 0 saturated carbocycles. The van der Waals surface area contributed by atoms with Crippen molar-refractivity contribution in [2.75, 3.05) is 7.11 Å². The van der Waals surface area contributed by atoms with Crippen LogP contribution in [0.1, 0.15) is 24.8 Å². The summed E-state index contributed by atoms with van der Waals surface area (Å²) >= 11 is 4.30. The molecule has 1 aromatic rings. The van der Waals surface area contributed by atoms with Gasteiger partial charge in [0, 0.05) is 5.56 Å². The van der Waals surface area contributed by atoms with Crippen molar-refractivity contribution < 1.29 is 9.53 Å². The molecule has 0 radical (unpaired) electrons. The van der Waals surface area contributed by atoms with Crippen molar-refractivity contribution in [1.82, 2.24) is 9.97 Å². The Morgan fingerprint density at radius 2 is 2.00 bits per heavy atom. The molecule has 0 saturated heterocycles. The number of hydrogen-bond donors (Lipinski definition) is 0. The van der Waals surface area contributed by atoms with Crippen LogP contribution < -0.4 is 0 Å². The molecule has 0 spiro atoms. The minimum atomic E-state index is -0.210. The summed E-state index contributed by atoms with van der Waals surface area (Å²) in [6, 6.07) is 0. The zero-order valence-electron chi connectivity index (χ0n) is 8.33. The minimum absolute atomic E-state index is 0.0810. The Hall–Kier alpha value is 0.01000. The topological polar surface area (TPSA) is 52.1 Å². The highest BCUT2D eigenvalue weighted by Crippen LogP contribution is 2.26. The number of nitrogens with zero attached hydrogens (tertiary/aromatic N) is 2. The third-order valence-electron chi connectivity index (χ3n) is 1.98. The summed E-state index contributed by atoms with van der Waals surface area (Å²) in [5, 5.41) is 0. The van der Waals surface area contributed by atoms with Crippen molar-refractivity contribution >= 4 is 51.2 Å². The quantitative estimate of drug-likeness (QED) is 0.419. The standard InChI is InChI=1S/C9H10I2N2O2/c1-5(3-6(14)15-2)7-8(10)12-4-13-9(7)11/h4-5H,3H2,1-2H3. The van der Waals surface area contributed by atoms with Gasteiger partial charge in [0.1, 0.15) is 13.7 Å². The molecule has 1 aromatic heterocycles. The maximum atomic E-state index is 11.2. The third kappa shape index (κ3) is 3.51. The van der Waals surface area contributed by atoms with Crippen LogP contribution in [0.25, 0.3) is 0 Å². The van der Waals surface area contributed by atoms with Crippen LogP contribution in [0.4, 0.5) is 0 Å². The lowest BCUT2D eigenvalue weighted by molar-refractivity contribution is -0.140. The van der Waals surface area contributed by atoms with Gasteiger partial charge < -0.3 is 4.74 Å². The van der Waals surface area contributed by atoms with E-state index < -0.39 is 0 Å². The van der Waals surface area contributed by atoms with E-state index in [0.29, 0.717) is 6.42 Å². The average Bonchev–Trinajstić information content (AvgIpc) is 2.17. The van der Waals surface area contributed by atoms with Gasteiger partial charge in [-0.3, -0.25) is 4.79 Å². The Morgan fingerprint density at radius 1 is 1.47 bits per heavy atom. The summed E-state index contributed by atoms with van der Waals surface area (Å²) in [5.41, 5.74) is 1.02. The smallest absolute Gasteiger partial charge is 0.306 e. The number of methoxy groups -OCH3 is 1. The number of aromatic nitrogens is 2. The van der Waals surface area contributed by atoms with Crippen LogP contribution in [-0.2, 0) is 9.53 Å². The molecular weight excluding hydrogens is 422 g/mol. The molecule has 0 aliphatic rings. The number of carbonyl (C=O) groups is 1. The molecule has 15 heavy (non-hydrogen) atoms. The fourth-order valence-electron chi connectivity index (χ4n) is 1.20. The molecule has 82 valence electrons. The Morgan fingerprint density at radius 3 is 2.47 bits per heavy atom. The molecule has 0 aliphatic heterocycles. The summed E-state index contributed by atoms with van der Waals surface area (Å²) < 4.78 is 6.42. The number of rotatable bonds is 3. The van der Waals surface area contributed by atoms with E-state index in [1.807, 2.05) is 6.92 Å². The van der Waals surface area contributed by atoms with Gasteiger partial charge in [0.15, 0.2) is 0 Å². The molecule has 4 nitrogen and oxygen atoms in total. The number of hydrogen-bond acceptors (Lipinski definition) is 4. The summed E-state index contributed by atoms with van der Waals surface area (Å²) in [5.74, 6) is -0.129. The van der Waals surface area contributed by atoms with E-state index in [-0.39, 0.29) is 11.9 Å². The van der Waals surface area contributed by atoms with Crippen LogP contribution in [-0.4, -0.2) is 23.0 Å². The molecule has 1 heterocycles. The molecule has 6 heteroatoms. The molecule has 0 aromatic carbocycles. The number of halogens is 2. The molecular formula is C9H10I2N2O2. The van der Waals surface area contributed by atoms with Crippen LogP contribution in [0.15, 0.2) is 6.33 Å². The number of esters is 1. The van der Waals surface area contributed by atoms with E-state index in [1.54, 1.807) is 0 Å². The third-order valence-corrected chi connectivity index (χ3v) is 3.70. The lowest BCUT2D eigenvalue weighted by Crippen LogP contribution is -2.10. The van der Waals surface area contributed by atoms with Gasteiger partial charge in [0.2, 0.25) is 0 Å². The van der Waals surface area contributed by atoms with E-state index in [4.69, 9.17) is 0 Å². The highest BCUT2D eigenvalue weighted by atomic mass is 127. The van der Waals surface area contributed by atoms with Gasteiger partial charge in [-0.25, -0.2) is 9.97 Å². The first-order chi connectivity index (χ1) is 7.06. The van der Waals surface area contributed by atoms with E-state index in [0.717, 1.165) is 13.0 Å². The summed E-state index contributed by atoms with van der Waals surface area (Å²) in [4.78, 5) is 19.4. The van der Waals surface area contributed by atoms with Crippen molar-refractivity contribution in [3.05, 3.63) is 19.3 Å². The molecule has 0 aliphatic carbocycles. The monoisotopic (exact) mass is 432 g/mol. The molecule has 0 fully saturated rings. The van der Waals surface area contributed by atoms with Gasteiger partial charge >= 0.3 is 5.97 Å². The lowest BCUT2D eigenvalue weighted by atomic mass is 10.0. The number of ether oxygens (including phenoxy) is 1. The van der Waals surface area contributed by atoms with E-state index in [1.165, 1.54) is 13.4 Å². The number of carbonyl (C=O) groups excluding carboxylic acids is 1. The van der Waals surface area contributed by atoms with Gasteiger partial charge in [0.05, 0.1) is 13.5 Å². The highest BCUT2D eigenvalue weighted by molar-refractivity contribution is 14.1. The normalized spacial score (nSPS) is 12.3. The summed E-state index contributed by atoms with van der Waals surface area (Å²) in [6.07, 6.45) is 1.88. The van der Waals surface area contributed by atoms with Gasteiger partial charge in [-0.1, -0.05) is 6.92 Å². The Balaban J connectivity index is 2.90. The summed E-state index contributed by atoms with van der Waals surface area (Å²) in [6.45, 7) is 1.97.